The summed E-state index contributed by atoms with van der Waals surface area (Å²) in [5.74, 6) is -2.17. The quantitative estimate of drug-likeness (QED) is 0.778. The number of aliphatic carboxylic acids is 1. The van der Waals surface area contributed by atoms with Gasteiger partial charge in [-0.05, 0) is 30.4 Å². The second-order valence-corrected chi connectivity index (χ2v) is 7.28. The van der Waals surface area contributed by atoms with Crippen LogP contribution in [0.3, 0.4) is 0 Å². The number of nitrogens with one attached hydrogen (secondary N) is 2. The molecule has 0 spiro atoms. The Balaban J connectivity index is 1.70. The third-order valence-corrected chi connectivity index (χ3v) is 5.28. The monoisotopic (exact) mass is 316 g/mol. The molecule has 2 aliphatic rings. The van der Waals surface area contributed by atoms with Crippen LogP contribution in [-0.2, 0) is 9.59 Å². The molecule has 2 aliphatic carbocycles. The molecule has 2 atom stereocenters. The fourth-order valence-corrected chi connectivity index (χ4v) is 3.81. The molecule has 3 N–H and O–H groups in total. The Morgan fingerprint density at radius 2 is 1.70 bits per heavy atom. The summed E-state index contributed by atoms with van der Waals surface area (Å²) in [6, 6.07) is 8.09. The van der Waals surface area contributed by atoms with E-state index in [4.69, 9.17) is 0 Å². The van der Waals surface area contributed by atoms with Crippen LogP contribution in [0.25, 0.3) is 0 Å². The van der Waals surface area contributed by atoms with E-state index in [0.717, 1.165) is 24.2 Å². The van der Waals surface area contributed by atoms with Gasteiger partial charge in [0.25, 0.3) is 0 Å². The van der Waals surface area contributed by atoms with E-state index in [1.54, 1.807) is 0 Å². The molecule has 23 heavy (non-hydrogen) atoms. The first-order chi connectivity index (χ1) is 10.9. The third-order valence-electron chi connectivity index (χ3n) is 5.28. The Labute approximate surface area is 136 Å². The number of hydrogen-bond donors (Lipinski definition) is 3. The molecule has 1 aromatic carbocycles. The molecule has 0 unspecified atom stereocenters. The summed E-state index contributed by atoms with van der Waals surface area (Å²) < 4.78 is 0. The van der Waals surface area contributed by atoms with Crippen molar-refractivity contribution in [2.24, 2.45) is 17.3 Å². The minimum absolute atomic E-state index is 0.205. The summed E-state index contributed by atoms with van der Waals surface area (Å²) in [5, 5.41) is 15.6. The van der Waals surface area contributed by atoms with Gasteiger partial charge in [-0.15, -0.1) is 0 Å². The highest BCUT2D eigenvalue weighted by Gasteiger charge is 2.65. The highest BCUT2D eigenvalue weighted by Crippen LogP contribution is 2.58. The van der Waals surface area contributed by atoms with E-state index in [9.17, 15) is 14.7 Å². The lowest BCUT2D eigenvalue weighted by Gasteiger charge is -2.17. The Morgan fingerprint density at radius 3 is 2.26 bits per heavy atom. The predicted molar refractivity (Wildman–Crippen MR) is 89.3 cm³/mol. The maximum Gasteiger partial charge on any atom is 0.307 e. The zero-order valence-electron chi connectivity index (χ0n) is 13.6. The molecule has 1 amide bonds. The first-order valence-electron chi connectivity index (χ1n) is 8.30. The highest BCUT2D eigenvalue weighted by atomic mass is 16.4. The topological polar surface area (TPSA) is 78.4 Å². The molecule has 3 rings (SSSR count). The Kier molecular flexibility index (Phi) is 4.04. The fourth-order valence-electron chi connectivity index (χ4n) is 3.81. The van der Waals surface area contributed by atoms with Crippen LogP contribution < -0.4 is 10.6 Å². The van der Waals surface area contributed by atoms with Crippen LogP contribution in [0.1, 0.15) is 39.5 Å². The molecule has 5 heteroatoms. The zero-order valence-corrected chi connectivity index (χ0v) is 13.6. The van der Waals surface area contributed by atoms with Crippen molar-refractivity contribution in [3.63, 3.8) is 0 Å². The van der Waals surface area contributed by atoms with E-state index in [1.165, 1.54) is 12.8 Å². The molecule has 0 saturated heterocycles. The summed E-state index contributed by atoms with van der Waals surface area (Å²) in [6.07, 6.45) is 4.78. The summed E-state index contributed by atoms with van der Waals surface area (Å²) in [4.78, 5) is 23.7. The van der Waals surface area contributed by atoms with Gasteiger partial charge >= 0.3 is 5.97 Å². The van der Waals surface area contributed by atoms with Crippen LogP contribution in [0.15, 0.2) is 24.3 Å². The minimum Gasteiger partial charge on any atom is -0.481 e. The van der Waals surface area contributed by atoms with Crippen molar-refractivity contribution < 1.29 is 14.7 Å². The smallest absolute Gasteiger partial charge is 0.307 e. The van der Waals surface area contributed by atoms with Crippen LogP contribution >= 0.6 is 0 Å². The van der Waals surface area contributed by atoms with E-state index in [1.807, 2.05) is 38.1 Å². The summed E-state index contributed by atoms with van der Waals surface area (Å²) in [5.41, 5.74) is 1.17. The molecule has 1 aromatic rings. The van der Waals surface area contributed by atoms with Gasteiger partial charge in [0.1, 0.15) is 0 Å². The van der Waals surface area contributed by atoms with Crippen molar-refractivity contribution in [3.8, 4) is 0 Å². The van der Waals surface area contributed by atoms with E-state index in [0.29, 0.717) is 6.04 Å². The number of para-hydroxylation sites is 2. The minimum atomic E-state index is -0.896. The van der Waals surface area contributed by atoms with Gasteiger partial charge in [-0.2, -0.15) is 0 Å². The number of anilines is 2. The van der Waals surface area contributed by atoms with Gasteiger partial charge in [-0.25, -0.2) is 0 Å². The van der Waals surface area contributed by atoms with Crippen molar-refractivity contribution in [1.29, 1.82) is 0 Å². The maximum atomic E-state index is 12.5. The molecular weight excluding hydrogens is 292 g/mol. The van der Waals surface area contributed by atoms with Crippen LogP contribution in [-0.4, -0.2) is 23.0 Å². The van der Waals surface area contributed by atoms with Crippen LogP contribution in [0.5, 0.6) is 0 Å². The summed E-state index contributed by atoms with van der Waals surface area (Å²) >= 11 is 0. The van der Waals surface area contributed by atoms with Crippen molar-refractivity contribution in [3.05, 3.63) is 24.3 Å². The Bertz CT molecular complexity index is 620. The first-order valence-corrected chi connectivity index (χ1v) is 8.30. The van der Waals surface area contributed by atoms with Crippen LogP contribution in [0, 0.1) is 17.3 Å². The molecule has 0 aromatic heterocycles. The predicted octanol–water partition coefficient (Wildman–Crippen LogP) is 3.34. The van der Waals surface area contributed by atoms with Crippen LogP contribution in [0.4, 0.5) is 11.4 Å². The fraction of sp³-hybridized carbons (Fsp3) is 0.556. The van der Waals surface area contributed by atoms with Gasteiger partial charge in [0.05, 0.1) is 23.2 Å². The molecule has 0 aliphatic heterocycles. The van der Waals surface area contributed by atoms with E-state index >= 15 is 0 Å². The van der Waals surface area contributed by atoms with E-state index in [2.05, 4.69) is 10.6 Å². The number of hydrogen-bond acceptors (Lipinski definition) is 3. The van der Waals surface area contributed by atoms with Crippen LogP contribution in [0.2, 0.25) is 0 Å². The third kappa shape index (κ3) is 3.05. The molecule has 2 saturated carbocycles. The SMILES string of the molecule is CC1(C)[C@H](C(=O)O)[C@@H]1C(=O)Nc1ccccc1NC1CCCC1. The molecule has 0 heterocycles. The average Bonchev–Trinajstić information content (AvgIpc) is 2.84. The van der Waals surface area contributed by atoms with Gasteiger partial charge in [-0.1, -0.05) is 38.8 Å². The lowest BCUT2D eigenvalue weighted by atomic mass is 10.1. The van der Waals surface area contributed by atoms with Gasteiger partial charge < -0.3 is 15.7 Å². The average molecular weight is 316 g/mol. The summed E-state index contributed by atoms with van der Waals surface area (Å²) in [6.45, 7) is 3.66. The van der Waals surface area contributed by atoms with Crippen molar-refractivity contribution in [2.45, 2.75) is 45.6 Å². The van der Waals surface area contributed by atoms with Crippen molar-refractivity contribution in [1.82, 2.24) is 0 Å². The maximum absolute atomic E-state index is 12.5. The lowest BCUT2D eigenvalue weighted by Crippen LogP contribution is -2.20. The van der Waals surface area contributed by atoms with Gasteiger partial charge in [0.15, 0.2) is 0 Å². The molecule has 2 fully saturated rings. The number of carbonyl (C=O) groups is 2. The number of carboxylic acid groups (broad SMARTS) is 1. The number of rotatable bonds is 5. The second kappa shape index (κ2) is 5.87. The number of carbonyl (C=O) groups excluding carboxylic acids is 1. The van der Waals surface area contributed by atoms with Gasteiger partial charge in [-0.3, -0.25) is 9.59 Å². The largest absolute Gasteiger partial charge is 0.481 e. The van der Waals surface area contributed by atoms with Gasteiger partial charge in [0.2, 0.25) is 5.91 Å². The standard InChI is InChI=1S/C18H24N2O3/c1-18(2)14(15(18)17(22)23)16(21)20-13-10-6-5-9-12(13)19-11-7-3-4-8-11/h5-6,9-11,14-15,19H,3-4,7-8H2,1-2H3,(H,20,21)(H,22,23)/t14-,15+/m1/s1. The van der Waals surface area contributed by atoms with Gasteiger partial charge in [0, 0.05) is 6.04 Å². The normalized spacial score (nSPS) is 25.8. The molecule has 0 bridgehead atoms. The molecule has 124 valence electrons. The van der Waals surface area contributed by atoms with Crippen molar-refractivity contribution in [2.75, 3.05) is 10.6 Å². The lowest BCUT2D eigenvalue weighted by molar-refractivity contribution is -0.140. The van der Waals surface area contributed by atoms with Crippen molar-refractivity contribution >= 4 is 23.3 Å². The summed E-state index contributed by atoms with van der Waals surface area (Å²) in [7, 11) is 0. The number of benzene rings is 1. The van der Waals surface area contributed by atoms with E-state index < -0.39 is 23.2 Å². The number of amides is 1. The molecule has 0 radical (unpaired) electrons. The molecule has 5 nitrogen and oxygen atoms in total. The highest BCUT2D eigenvalue weighted by molar-refractivity contribution is 6.01. The zero-order chi connectivity index (χ0) is 16.6. The number of carboxylic acids is 1. The Hall–Kier alpha value is -2.04. The Morgan fingerprint density at radius 1 is 1.09 bits per heavy atom. The molecular formula is C18H24N2O3. The van der Waals surface area contributed by atoms with E-state index in [-0.39, 0.29) is 5.91 Å². The first kappa shape index (κ1) is 15.8. The second-order valence-electron chi connectivity index (χ2n) is 7.28.